The third kappa shape index (κ3) is 5.45. The average molecular weight is 361 g/mol. The third-order valence-corrected chi connectivity index (χ3v) is 3.39. The van der Waals surface area contributed by atoms with Gasteiger partial charge in [-0.05, 0) is 36.2 Å². The molecule has 1 aromatic carbocycles. The fraction of sp³-hybridized carbons (Fsp3) is 0.333. The zero-order valence-corrected chi connectivity index (χ0v) is 13.5. The molecule has 0 bridgehead atoms. The number of halogens is 4. The van der Waals surface area contributed by atoms with Crippen LogP contribution in [-0.4, -0.2) is 22.4 Å². The minimum Gasteiger partial charge on any atom is -0.338 e. The molecule has 1 aromatic heterocycles. The highest BCUT2D eigenvalue weighted by Crippen LogP contribution is 2.27. The molecule has 0 spiro atoms. The summed E-state index contributed by atoms with van der Waals surface area (Å²) in [6, 6.07) is 7.14. The summed E-state index contributed by atoms with van der Waals surface area (Å²) in [6.45, 7) is 2.36. The average Bonchev–Trinajstić information content (AvgIpc) is 2.96. The van der Waals surface area contributed by atoms with Crippen LogP contribution in [0.5, 0.6) is 0 Å². The third-order valence-electron chi connectivity index (χ3n) is 3.14. The molecular weight excluding hydrogens is 345 g/mol. The van der Waals surface area contributed by atoms with Crippen molar-refractivity contribution in [3.8, 4) is 0 Å². The second-order valence-corrected chi connectivity index (χ2v) is 5.80. The van der Waals surface area contributed by atoms with Gasteiger partial charge in [0.25, 0.3) is 0 Å². The summed E-state index contributed by atoms with van der Waals surface area (Å²) in [4.78, 5) is 11.8. The highest BCUT2D eigenvalue weighted by molar-refractivity contribution is 6.30. The fourth-order valence-corrected chi connectivity index (χ4v) is 2.10. The van der Waals surface area contributed by atoms with Crippen molar-refractivity contribution in [3.63, 3.8) is 0 Å². The van der Waals surface area contributed by atoms with Crippen LogP contribution >= 0.6 is 11.6 Å². The highest BCUT2D eigenvalue weighted by Gasteiger charge is 2.33. The second-order valence-electron chi connectivity index (χ2n) is 5.37. The van der Waals surface area contributed by atoms with E-state index in [0.29, 0.717) is 17.3 Å². The van der Waals surface area contributed by atoms with Gasteiger partial charge in [-0.3, -0.25) is 4.68 Å². The number of benzene rings is 1. The molecule has 130 valence electrons. The van der Waals surface area contributed by atoms with Gasteiger partial charge < -0.3 is 10.6 Å². The van der Waals surface area contributed by atoms with E-state index in [0.717, 1.165) is 6.07 Å². The number of carbonyl (C=O) groups is 1. The van der Waals surface area contributed by atoms with Crippen LogP contribution < -0.4 is 10.6 Å². The predicted molar refractivity (Wildman–Crippen MR) is 84.9 cm³/mol. The van der Waals surface area contributed by atoms with Gasteiger partial charge in [0.15, 0.2) is 5.69 Å². The number of carbonyl (C=O) groups excluding carboxylic acids is 1. The van der Waals surface area contributed by atoms with Gasteiger partial charge in [0.2, 0.25) is 0 Å². The lowest BCUT2D eigenvalue weighted by atomic mass is 10.2. The number of alkyl halides is 3. The van der Waals surface area contributed by atoms with E-state index < -0.39 is 17.9 Å². The zero-order valence-electron chi connectivity index (χ0n) is 12.8. The van der Waals surface area contributed by atoms with E-state index in [1.165, 1.54) is 10.9 Å². The number of nitrogens with one attached hydrogen (secondary N) is 2. The van der Waals surface area contributed by atoms with Gasteiger partial charge in [0, 0.05) is 30.0 Å². The predicted octanol–water partition coefficient (Wildman–Crippen LogP) is 4.01. The Hall–Kier alpha value is -2.22. The second kappa shape index (κ2) is 7.57. The van der Waals surface area contributed by atoms with E-state index in [-0.39, 0.29) is 12.5 Å². The van der Waals surface area contributed by atoms with Gasteiger partial charge >= 0.3 is 12.2 Å². The van der Waals surface area contributed by atoms with Gasteiger partial charge in [-0.1, -0.05) is 18.5 Å². The standard InChI is InChI=1S/C15H16ClF3N4O/c1-10(9-23-7-6-13(22-23)15(17,18)19)8-20-14(24)21-12-4-2-11(16)3-5-12/h2-7,10H,8-9H2,1H3,(H2,20,21,24). The molecule has 1 heterocycles. The molecule has 0 saturated carbocycles. The number of nitrogens with zero attached hydrogens (tertiary/aromatic N) is 2. The first-order valence-electron chi connectivity index (χ1n) is 7.15. The molecule has 2 amide bonds. The summed E-state index contributed by atoms with van der Waals surface area (Å²) in [6.07, 6.45) is -3.18. The largest absolute Gasteiger partial charge is 0.435 e. The van der Waals surface area contributed by atoms with E-state index >= 15 is 0 Å². The molecule has 24 heavy (non-hydrogen) atoms. The molecule has 2 N–H and O–H groups in total. The topological polar surface area (TPSA) is 59.0 Å². The zero-order chi connectivity index (χ0) is 17.7. The normalized spacial score (nSPS) is 12.7. The minimum absolute atomic E-state index is 0.0954. The molecule has 0 aliphatic heterocycles. The van der Waals surface area contributed by atoms with Crippen LogP contribution in [0.4, 0.5) is 23.7 Å². The lowest BCUT2D eigenvalue weighted by Gasteiger charge is -2.13. The van der Waals surface area contributed by atoms with E-state index in [1.54, 1.807) is 31.2 Å². The first-order valence-corrected chi connectivity index (χ1v) is 7.53. The number of hydrogen-bond acceptors (Lipinski definition) is 2. The molecule has 9 heteroatoms. The van der Waals surface area contributed by atoms with Crippen molar-refractivity contribution in [1.82, 2.24) is 15.1 Å². The number of aromatic nitrogens is 2. The number of rotatable bonds is 5. The molecule has 5 nitrogen and oxygen atoms in total. The van der Waals surface area contributed by atoms with Crippen molar-refractivity contribution in [2.24, 2.45) is 5.92 Å². The first kappa shape index (κ1) is 18.1. The van der Waals surface area contributed by atoms with E-state index in [1.807, 2.05) is 0 Å². The Kier molecular flexibility index (Phi) is 5.71. The molecule has 0 fully saturated rings. The first-order chi connectivity index (χ1) is 11.2. The number of amides is 2. The number of anilines is 1. The van der Waals surface area contributed by atoms with Gasteiger partial charge in [-0.25, -0.2) is 4.79 Å². The van der Waals surface area contributed by atoms with Crippen LogP contribution in [0.1, 0.15) is 12.6 Å². The fourth-order valence-electron chi connectivity index (χ4n) is 1.97. The van der Waals surface area contributed by atoms with Crippen LogP contribution in [-0.2, 0) is 12.7 Å². The molecule has 1 unspecified atom stereocenters. The molecule has 0 radical (unpaired) electrons. The van der Waals surface area contributed by atoms with Crippen molar-refractivity contribution >= 4 is 23.3 Å². The lowest BCUT2D eigenvalue weighted by molar-refractivity contribution is -0.141. The van der Waals surface area contributed by atoms with Gasteiger partial charge in [0.05, 0.1) is 0 Å². The smallest absolute Gasteiger partial charge is 0.338 e. The maximum atomic E-state index is 12.5. The van der Waals surface area contributed by atoms with Crippen LogP contribution in [0.25, 0.3) is 0 Å². The minimum atomic E-state index is -4.45. The molecular formula is C15H16ClF3N4O. The van der Waals surface area contributed by atoms with Gasteiger partial charge in [0.1, 0.15) is 0 Å². The summed E-state index contributed by atoms with van der Waals surface area (Å²) >= 11 is 5.75. The number of urea groups is 1. The molecule has 0 saturated heterocycles. The van der Waals surface area contributed by atoms with E-state index in [2.05, 4.69) is 15.7 Å². The van der Waals surface area contributed by atoms with E-state index in [4.69, 9.17) is 11.6 Å². The van der Waals surface area contributed by atoms with Gasteiger partial charge in [-0.15, -0.1) is 0 Å². The number of hydrogen-bond donors (Lipinski definition) is 2. The summed E-state index contributed by atoms with van der Waals surface area (Å²) < 4.78 is 38.6. The van der Waals surface area contributed by atoms with Crippen molar-refractivity contribution in [3.05, 3.63) is 47.2 Å². The Morgan fingerprint density at radius 1 is 1.29 bits per heavy atom. The Balaban J connectivity index is 1.78. The summed E-state index contributed by atoms with van der Waals surface area (Å²) in [5.41, 5.74) is -0.338. The summed E-state index contributed by atoms with van der Waals surface area (Å²) in [5.74, 6) is -0.0954. The Morgan fingerprint density at radius 3 is 2.54 bits per heavy atom. The van der Waals surface area contributed by atoms with Crippen LogP contribution in [0, 0.1) is 5.92 Å². The van der Waals surface area contributed by atoms with Crippen LogP contribution in [0.2, 0.25) is 5.02 Å². The van der Waals surface area contributed by atoms with Crippen LogP contribution in [0.3, 0.4) is 0 Å². The molecule has 2 rings (SSSR count). The Bertz CT molecular complexity index is 685. The van der Waals surface area contributed by atoms with Crippen molar-refractivity contribution in [2.45, 2.75) is 19.6 Å². The van der Waals surface area contributed by atoms with E-state index in [9.17, 15) is 18.0 Å². The monoisotopic (exact) mass is 360 g/mol. The SMILES string of the molecule is CC(CNC(=O)Nc1ccc(Cl)cc1)Cn1ccc(C(F)(F)F)n1. The summed E-state index contributed by atoms with van der Waals surface area (Å²) in [5, 5.41) is 9.33. The molecule has 0 aliphatic rings. The molecule has 2 aromatic rings. The van der Waals surface area contributed by atoms with Gasteiger partial charge in [-0.2, -0.15) is 18.3 Å². The maximum Gasteiger partial charge on any atom is 0.435 e. The van der Waals surface area contributed by atoms with Crippen molar-refractivity contribution in [2.75, 3.05) is 11.9 Å². The summed E-state index contributed by atoms with van der Waals surface area (Å²) in [7, 11) is 0. The maximum absolute atomic E-state index is 12.5. The van der Waals surface area contributed by atoms with Crippen molar-refractivity contribution in [1.29, 1.82) is 0 Å². The Labute approximate surface area is 141 Å². The van der Waals surface area contributed by atoms with Crippen molar-refractivity contribution < 1.29 is 18.0 Å². The van der Waals surface area contributed by atoms with Crippen LogP contribution in [0.15, 0.2) is 36.5 Å². The Morgan fingerprint density at radius 2 is 1.96 bits per heavy atom. The highest BCUT2D eigenvalue weighted by atomic mass is 35.5. The lowest BCUT2D eigenvalue weighted by Crippen LogP contribution is -2.33. The molecule has 1 atom stereocenters. The molecule has 0 aliphatic carbocycles. The quantitative estimate of drug-likeness (QED) is 0.846.